The van der Waals surface area contributed by atoms with Gasteiger partial charge >= 0.3 is 0 Å². The summed E-state index contributed by atoms with van der Waals surface area (Å²) in [4.78, 5) is 4.02. The second-order valence-electron chi connectivity index (χ2n) is 2.21. The highest BCUT2D eigenvalue weighted by molar-refractivity contribution is 5.60. The summed E-state index contributed by atoms with van der Waals surface area (Å²) in [6, 6.07) is 0. The monoisotopic (exact) mass is 121 g/mol. The number of rotatable bonds is 0. The molecular formula is C8H11N. The molecular weight excluding hydrogens is 110 g/mol. The highest BCUT2D eigenvalue weighted by Gasteiger charge is 1.85. The minimum absolute atomic E-state index is 0.982. The van der Waals surface area contributed by atoms with Crippen LogP contribution in [0.3, 0.4) is 0 Å². The van der Waals surface area contributed by atoms with Crippen LogP contribution in [0.4, 0.5) is 0 Å². The Labute approximate surface area is 55.8 Å². The van der Waals surface area contributed by atoms with Crippen LogP contribution in [-0.2, 0) is 0 Å². The molecule has 0 atom stereocenters. The highest BCUT2D eigenvalue weighted by Crippen LogP contribution is 2.03. The molecule has 0 bridgehead atoms. The Hall–Kier alpha value is -0.850. The molecule has 48 valence electrons. The van der Waals surface area contributed by atoms with Crippen LogP contribution in [0.1, 0.15) is 19.8 Å². The first-order valence-corrected chi connectivity index (χ1v) is 3.22. The van der Waals surface area contributed by atoms with E-state index in [-0.39, 0.29) is 0 Å². The summed E-state index contributed by atoms with van der Waals surface area (Å²) >= 11 is 0. The quantitative estimate of drug-likeness (QED) is 0.436. The number of hydrogen-bond donors (Lipinski definition) is 0. The Morgan fingerprint density at radius 2 is 2.44 bits per heavy atom. The standard InChI is InChI=1S/C8H11N/c1-8-4-2-6-9-7-3-5-8/h2,5-7H,3-4H2,1H3/b6-2-,8-5-,9-7?. The van der Waals surface area contributed by atoms with Gasteiger partial charge in [0, 0.05) is 18.8 Å². The lowest BCUT2D eigenvalue weighted by molar-refractivity contribution is 1.16. The molecule has 1 aliphatic rings. The second-order valence-corrected chi connectivity index (χ2v) is 2.21. The van der Waals surface area contributed by atoms with E-state index in [1.54, 1.807) is 0 Å². The SMILES string of the molecule is C/C1=C/CC=N/C=C\C1. The zero-order valence-corrected chi connectivity index (χ0v) is 5.67. The van der Waals surface area contributed by atoms with Crippen molar-refractivity contribution in [3.8, 4) is 0 Å². The van der Waals surface area contributed by atoms with Crippen molar-refractivity contribution in [3.05, 3.63) is 23.9 Å². The van der Waals surface area contributed by atoms with E-state index in [0.29, 0.717) is 0 Å². The molecule has 0 saturated heterocycles. The van der Waals surface area contributed by atoms with Crippen LogP contribution in [-0.4, -0.2) is 6.21 Å². The van der Waals surface area contributed by atoms with Gasteiger partial charge in [-0.1, -0.05) is 17.7 Å². The Kier molecular flexibility index (Phi) is 2.25. The first-order chi connectivity index (χ1) is 4.39. The number of hydrogen-bond acceptors (Lipinski definition) is 1. The van der Waals surface area contributed by atoms with Crippen molar-refractivity contribution in [1.82, 2.24) is 0 Å². The average molecular weight is 121 g/mol. The topological polar surface area (TPSA) is 12.4 Å². The molecule has 0 aromatic carbocycles. The lowest BCUT2D eigenvalue weighted by atomic mass is 10.2. The summed E-state index contributed by atoms with van der Waals surface area (Å²) in [7, 11) is 0. The molecule has 0 unspecified atom stereocenters. The minimum Gasteiger partial charge on any atom is -0.269 e. The minimum atomic E-state index is 0.982. The van der Waals surface area contributed by atoms with Gasteiger partial charge in [0.15, 0.2) is 0 Å². The van der Waals surface area contributed by atoms with Gasteiger partial charge in [-0.05, 0) is 13.3 Å². The van der Waals surface area contributed by atoms with Gasteiger partial charge in [0.2, 0.25) is 0 Å². The molecule has 0 aliphatic carbocycles. The predicted octanol–water partition coefficient (Wildman–Crippen LogP) is 2.31. The molecule has 1 nitrogen and oxygen atoms in total. The third kappa shape index (κ3) is 2.27. The molecule has 0 radical (unpaired) electrons. The van der Waals surface area contributed by atoms with Crippen molar-refractivity contribution >= 4 is 6.21 Å². The molecule has 1 heterocycles. The van der Waals surface area contributed by atoms with Crippen molar-refractivity contribution < 1.29 is 0 Å². The summed E-state index contributed by atoms with van der Waals surface area (Å²) in [5.74, 6) is 0. The van der Waals surface area contributed by atoms with Crippen LogP contribution >= 0.6 is 0 Å². The van der Waals surface area contributed by atoms with Crippen molar-refractivity contribution in [1.29, 1.82) is 0 Å². The summed E-state index contributed by atoms with van der Waals surface area (Å²) in [6.07, 6.45) is 10.1. The molecule has 0 aromatic heterocycles. The molecule has 0 saturated carbocycles. The molecule has 0 spiro atoms. The number of allylic oxidation sites excluding steroid dienone is 3. The fraction of sp³-hybridized carbons (Fsp3) is 0.375. The van der Waals surface area contributed by atoms with Gasteiger partial charge in [0.1, 0.15) is 0 Å². The third-order valence-corrected chi connectivity index (χ3v) is 1.31. The fourth-order valence-corrected chi connectivity index (χ4v) is 0.758. The zero-order valence-electron chi connectivity index (χ0n) is 5.67. The molecule has 9 heavy (non-hydrogen) atoms. The molecule has 0 fully saturated rings. The predicted molar refractivity (Wildman–Crippen MR) is 40.6 cm³/mol. The largest absolute Gasteiger partial charge is 0.269 e. The lowest BCUT2D eigenvalue weighted by Gasteiger charge is -1.94. The van der Waals surface area contributed by atoms with Gasteiger partial charge in [-0.2, -0.15) is 0 Å². The van der Waals surface area contributed by atoms with Gasteiger partial charge in [-0.3, -0.25) is 4.99 Å². The molecule has 1 aliphatic heterocycles. The molecule has 0 N–H and O–H groups in total. The van der Waals surface area contributed by atoms with E-state index in [2.05, 4.69) is 24.1 Å². The Balaban J connectivity index is 2.61. The van der Waals surface area contributed by atoms with Crippen molar-refractivity contribution in [3.63, 3.8) is 0 Å². The second kappa shape index (κ2) is 3.23. The van der Waals surface area contributed by atoms with Crippen molar-refractivity contribution in [2.45, 2.75) is 19.8 Å². The van der Waals surface area contributed by atoms with E-state index < -0.39 is 0 Å². The first kappa shape index (κ1) is 6.27. The van der Waals surface area contributed by atoms with Crippen LogP contribution < -0.4 is 0 Å². The summed E-state index contributed by atoms with van der Waals surface area (Å²) in [5, 5.41) is 0. The van der Waals surface area contributed by atoms with E-state index >= 15 is 0 Å². The van der Waals surface area contributed by atoms with Crippen LogP contribution in [0.15, 0.2) is 28.9 Å². The zero-order chi connectivity index (χ0) is 6.53. The van der Waals surface area contributed by atoms with E-state index in [1.165, 1.54) is 5.57 Å². The van der Waals surface area contributed by atoms with E-state index in [0.717, 1.165) is 12.8 Å². The molecule has 0 amide bonds. The third-order valence-electron chi connectivity index (χ3n) is 1.31. The van der Waals surface area contributed by atoms with Gasteiger partial charge < -0.3 is 0 Å². The van der Waals surface area contributed by atoms with Crippen LogP contribution in [0.2, 0.25) is 0 Å². The first-order valence-electron chi connectivity index (χ1n) is 3.22. The van der Waals surface area contributed by atoms with Crippen molar-refractivity contribution in [2.75, 3.05) is 0 Å². The average Bonchev–Trinajstić information content (AvgIpc) is 1.79. The Morgan fingerprint density at radius 3 is 3.33 bits per heavy atom. The molecule has 0 aromatic rings. The van der Waals surface area contributed by atoms with Gasteiger partial charge in [0.25, 0.3) is 0 Å². The summed E-state index contributed by atoms with van der Waals surface area (Å²) in [6.45, 7) is 2.14. The molecule has 1 rings (SSSR count). The Morgan fingerprint density at radius 1 is 1.56 bits per heavy atom. The van der Waals surface area contributed by atoms with Crippen molar-refractivity contribution in [2.24, 2.45) is 4.99 Å². The van der Waals surface area contributed by atoms with Crippen LogP contribution in [0.5, 0.6) is 0 Å². The summed E-state index contributed by atoms with van der Waals surface area (Å²) < 4.78 is 0. The normalized spacial score (nSPS) is 27.9. The summed E-state index contributed by atoms with van der Waals surface area (Å²) in [5.41, 5.74) is 1.43. The fourth-order valence-electron chi connectivity index (χ4n) is 0.758. The van der Waals surface area contributed by atoms with E-state index in [4.69, 9.17) is 0 Å². The van der Waals surface area contributed by atoms with Gasteiger partial charge in [0.05, 0.1) is 0 Å². The lowest BCUT2D eigenvalue weighted by Crippen LogP contribution is -1.78. The number of aliphatic imine (C=N–C) groups is 1. The van der Waals surface area contributed by atoms with Crippen LogP contribution in [0.25, 0.3) is 0 Å². The van der Waals surface area contributed by atoms with E-state index in [1.807, 2.05) is 12.4 Å². The maximum absolute atomic E-state index is 4.02. The Bertz CT molecular complexity index is 163. The van der Waals surface area contributed by atoms with Gasteiger partial charge in [-0.25, -0.2) is 0 Å². The number of nitrogens with zero attached hydrogens (tertiary/aromatic N) is 1. The maximum Gasteiger partial charge on any atom is 0.0227 e. The smallest absolute Gasteiger partial charge is 0.0227 e. The van der Waals surface area contributed by atoms with Gasteiger partial charge in [-0.15, -0.1) is 0 Å². The highest BCUT2D eigenvalue weighted by atomic mass is 14.7. The van der Waals surface area contributed by atoms with E-state index in [9.17, 15) is 0 Å². The molecule has 1 heteroatoms. The van der Waals surface area contributed by atoms with Crippen LogP contribution in [0, 0.1) is 0 Å². The maximum atomic E-state index is 4.02.